The van der Waals surface area contributed by atoms with E-state index in [1.165, 1.54) is 4.70 Å². The summed E-state index contributed by atoms with van der Waals surface area (Å²) in [4.78, 5) is 16.3. The van der Waals surface area contributed by atoms with Crippen molar-refractivity contribution in [1.29, 1.82) is 0 Å². The van der Waals surface area contributed by atoms with Gasteiger partial charge in [0.2, 0.25) is 5.91 Å². The molecule has 1 aromatic heterocycles. The SMILES string of the molecule is CC(C)NC(C)(CCSc1nc2ccccc2s1)C(N)=O. The smallest absolute Gasteiger partial charge is 0.237 e. The summed E-state index contributed by atoms with van der Waals surface area (Å²) in [6.45, 7) is 5.90. The molecule has 0 saturated carbocycles. The van der Waals surface area contributed by atoms with E-state index in [-0.39, 0.29) is 11.9 Å². The number of hydrogen-bond acceptors (Lipinski definition) is 5. The molecular weight excluding hydrogens is 302 g/mol. The van der Waals surface area contributed by atoms with Crippen LogP contribution < -0.4 is 11.1 Å². The van der Waals surface area contributed by atoms with Crippen molar-refractivity contribution in [3.63, 3.8) is 0 Å². The Morgan fingerprint density at radius 3 is 2.81 bits per heavy atom. The van der Waals surface area contributed by atoms with Gasteiger partial charge in [-0.2, -0.15) is 0 Å². The van der Waals surface area contributed by atoms with E-state index in [2.05, 4.69) is 16.4 Å². The standard InChI is InChI=1S/C15H21N3OS2/c1-10(2)18-15(3,13(16)19)8-9-20-14-17-11-6-4-5-7-12(11)21-14/h4-7,10,18H,8-9H2,1-3H3,(H2,16,19). The number of thiazole rings is 1. The van der Waals surface area contributed by atoms with E-state index in [0.29, 0.717) is 6.42 Å². The Morgan fingerprint density at radius 1 is 1.48 bits per heavy atom. The Bertz CT molecular complexity index is 593. The first-order chi connectivity index (χ1) is 9.90. The highest BCUT2D eigenvalue weighted by molar-refractivity contribution is 8.01. The van der Waals surface area contributed by atoms with Crippen LogP contribution in [-0.4, -0.2) is 28.2 Å². The molecule has 4 nitrogen and oxygen atoms in total. The van der Waals surface area contributed by atoms with E-state index in [1.54, 1.807) is 23.1 Å². The fourth-order valence-corrected chi connectivity index (χ4v) is 4.46. The van der Waals surface area contributed by atoms with Crippen LogP contribution in [0, 0.1) is 0 Å². The van der Waals surface area contributed by atoms with Crippen molar-refractivity contribution >= 4 is 39.2 Å². The van der Waals surface area contributed by atoms with Gasteiger partial charge in [-0.05, 0) is 39.3 Å². The van der Waals surface area contributed by atoms with Crippen LogP contribution in [0.5, 0.6) is 0 Å². The van der Waals surface area contributed by atoms with Crippen LogP contribution in [0.2, 0.25) is 0 Å². The van der Waals surface area contributed by atoms with Crippen LogP contribution in [0.4, 0.5) is 0 Å². The van der Waals surface area contributed by atoms with Crippen molar-refractivity contribution in [2.75, 3.05) is 5.75 Å². The van der Waals surface area contributed by atoms with Gasteiger partial charge in [-0.1, -0.05) is 23.9 Å². The Morgan fingerprint density at radius 2 is 2.19 bits per heavy atom. The fraction of sp³-hybridized carbons (Fsp3) is 0.467. The zero-order valence-electron chi connectivity index (χ0n) is 12.6. The van der Waals surface area contributed by atoms with Gasteiger partial charge < -0.3 is 11.1 Å². The molecule has 0 aliphatic heterocycles. The van der Waals surface area contributed by atoms with Crippen molar-refractivity contribution in [1.82, 2.24) is 10.3 Å². The number of primary amides is 1. The summed E-state index contributed by atoms with van der Waals surface area (Å²) in [5.41, 5.74) is 5.90. The number of carbonyl (C=O) groups excluding carboxylic acids is 1. The average molecular weight is 323 g/mol. The number of benzene rings is 1. The molecule has 0 radical (unpaired) electrons. The zero-order chi connectivity index (χ0) is 15.5. The van der Waals surface area contributed by atoms with Gasteiger partial charge in [0.25, 0.3) is 0 Å². The molecule has 0 saturated heterocycles. The van der Waals surface area contributed by atoms with Gasteiger partial charge in [0.05, 0.1) is 15.8 Å². The van der Waals surface area contributed by atoms with E-state index in [1.807, 2.05) is 39.0 Å². The molecule has 0 aliphatic rings. The zero-order valence-corrected chi connectivity index (χ0v) is 14.2. The van der Waals surface area contributed by atoms with Crippen LogP contribution in [-0.2, 0) is 4.79 Å². The van der Waals surface area contributed by atoms with Gasteiger partial charge in [0.15, 0.2) is 4.34 Å². The highest BCUT2D eigenvalue weighted by Crippen LogP contribution is 2.30. The lowest BCUT2D eigenvalue weighted by Gasteiger charge is -2.29. The quantitative estimate of drug-likeness (QED) is 0.769. The summed E-state index contributed by atoms with van der Waals surface area (Å²) >= 11 is 3.36. The van der Waals surface area contributed by atoms with Crippen LogP contribution in [0.1, 0.15) is 27.2 Å². The Hall–Kier alpha value is -1.11. The summed E-state index contributed by atoms with van der Waals surface area (Å²) < 4.78 is 2.23. The molecule has 114 valence electrons. The van der Waals surface area contributed by atoms with Crippen molar-refractivity contribution in [3.05, 3.63) is 24.3 Å². The third-order valence-electron chi connectivity index (χ3n) is 3.25. The maximum Gasteiger partial charge on any atom is 0.237 e. The molecular formula is C15H21N3OS2. The minimum Gasteiger partial charge on any atom is -0.368 e. The number of hydrogen-bond donors (Lipinski definition) is 2. The highest BCUT2D eigenvalue weighted by atomic mass is 32.2. The summed E-state index contributed by atoms with van der Waals surface area (Å²) in [6.07, 6.45) is 0.682. The molecule has 0 bridgehead atoms. The molecule has 1 amide bonds. The molecule has 2 rings (SSSR count). The molecule has 6 heteroatoms. The predicted octanol–water partition coefficient (Wildman–Crippen LogP) is 3.02. The molecule has 0 fully saturated rings. The molecule has 1 atom stereocenters. The van der Waals surface area contributed by atoms with Crippen LogP contribution in [0.25, 0.3) is 10.2 Å². The minimum absolute atomic E-state index is 0.218. The molecule has 1 unspecified atom stereocenters. The monoisotopic (exact) mass is 323 g/mol. The summed E-state index contributed by atoms with van der Waals surface area (Å²) in [5.74, 6) is 0.500. The minimum atomic E-state index is -0.669. The second-order valence-electron chi connectivity index (χ2n) is 5.54. The lowest BCUT2D eigenvalue weighted by molar-refractivity contribution is -0.124. The Labute approximate surface area is 133 Å². The molecule has 1 heterocycles. The number of nitrogens with one attached hydrogen (secondary N) is 1. The molecule has 0 spiro atoms. The van der Waals surface area contributed by atoms with Gasteiger partial charge in [-0.3, -0.25) is 4.79 Å². The Kier molecular flexibility index (Phi) is 5.24. The topological polar surface area (TPSA) is 68.0 Å². The Balaban J connectivity index is 1.97. The largest absolute Gasteiger partial charge is 0.368 e. The second-order valence-corrected chi connectivity index (χ2v) is 7.91. The van der Waals surface area contributed by atoms with Gasteiger partial charge in [-0.15, -0.1) is 11.3 Å². The molecule has 1 aromatic carbocycles. The summed E-state index contributed by atoms with van der Waals surface area (Å²) in [5, 5.41) is 3.26. The van der Waals surface area contributed by atoms with Gasteiger partial charge >= 0.3 is 0 Å². The van der Waals surface area contributed by atoms with E-state index in [4.69, 9.17) is 5.73 Å². The fourth-order valence-electron chi connectivity index (χ4n) is 2.16. The number of nitrogens with two attached hydrogens (primary N) is 1. The van der Waals surface area contributed by atoms with Gasteiger partial charge in [-0.25, -0.2) is 4.98 Å². The lowest BCUT2D eigenvalue weighted by Crippen LogP contribution is -2.55. The number of nitrogens with zero attached hydrogens (tertiary/aromatic N) is 1. The first-order valence-corrected chi connectivity index (χ1v) is 8.77. The molecule has 3 N–H and O–H groups in total. The normalized spacial score (nSPS) is 14.5. The van der Waals surface area contributed by atoms with E-state index < -0.39 is 5.54 Å². The molecule has 2 aromatic rings. The molecule has 21 heavy (non-hydrogen) atoms. The maximum atomic E-state index is 11.7. The van der Waals surface area contributed by atoms with Crippen LogP contribution >= 0.6 is 23.1 Å². The number of amides is 1. The summed E-state index contributed by atoms with van der Waals surface area (Å²) in [6, 6.07) is 8.32. The number of thioether (sulfide) groups is 1. The van der Waals surface area contributed by atoms with Crippen LogP contribution in [0.3, 0.4) is 0 Å². The lowest BCUT2D eigenvalue weighted by atomic mass is 9.97. The average Bonchev–Trinajstić information content (AvgIpc) is 2.80. The van der Waals surface area contributed by atoms with E-state index >= 15 is 0 Å². The number of fused-ring (bicyclic) bond motifs is 1. The first-order valence-electron chi connectivity index (χ1n) is 6.97. The number of aromatic nitrogens is 1. The third kappa shape index (κ3) is 4.18. The number of para-hydroxylation sites is 1. The van der Waals surface area contributed by atoms with Gasteiger partial charge in [0.1, 0.15) is 0 Å². The van der Waals surface area contributed by atoms with Gasteiger partial charge in [0, 0.05) is 11.8 Å². The third-order valence-corrected chi connectivity index (χ3v) is 5.43. The van der Waals surface area contributed by atoms with Crippen molar-refractivity contribution in [3.8, 4) is 0 Å². The second kappa shape index (κ2) is 6.77. The number of carbonyl (C=O) groups is 1. The highest BCUT2D eigenvalue weighted by Gasteiger charge is 2.31. The maximum absolute atomic E-state index is 11.7. The molecule has 0 aliphatic carbocycles. The van der Waals surface area contributed by atoms with Crippen LogP contribution in [0.15, 0.2) is 28.6 Å². The van der Waals surface area contributed by atoms with Crippen molar-refractivity contribution < 1.29 is 4.79 Å². The predicted molar refractivity (Wildman–Crippen MR) is 90.8 cm³/mol. The number of rotatable bonds is 7. The van der Waals surface area contributed by atoms with E-state index in [0.717, 1.165) is 15.6 Å². The summed E-state index contributed by atoms with van der Waals surface area (Å²) in [7, 11) is 0. The van der Waals surface area contributed by atoms with Crippen molar-refractivity contribution in [2.24, 2.45) is 5.73 Å². The first kappa shape index (κ1) is 16.3. The van der Waals surface area contributed by atoms with Crippen molar-refractivity contribution in [2.45, 2.75) is 43.1 Å². The van der Waals surface area contributed by atoms with E-state index in [9.17, 15) is 4.79 Å².